The molecule has 2 aromatic rings. The number of methoxy groups -OCH3 is 2. The molecule has 0 saturated carbocycles. The van der Waals surface area contributed by atoms with Gasteiger partial charge in [-0.1, -0.05) is 18.2 Å². The van der Waals surface area contributed by atoms with Gasteiger partial charge in [0.15, 0.2) is 11.5 Å². The van der Waals surface area contributed by atoms with Crippen LogP contribution in [-0.2, 0) is 17.8 Å². The minimum Gasteiger partial charge on any atom is -0.493 e. The minimum absolute atomic E-state index is 0.164. The van der Waals surface area contributed by atoms with Gasteiger partial charge in [-0.2, -0.15) is 0 Å². The van der Waals surface area contributed by atoms with E-state index in [1.165, 1.54) is 13.2 Å². The number of carbonyl (C=O) groups excluding carboxylic acids is 1. The summed E-state index contributed by atoms with van der Waals surface area (Å²) in [6, 6.07) is 11.8. The molecule has 126 valence electrons. The Morgan fingerprint density at radius 2 is 1.75 bits per heavy atom. The molecule has 0 aromatic heterocycles. The van der Waals surface area contributed by atoms with E-state index in [-0.39, 0.29) is 24.4 Å². The first kappa shape index (κ1) is 17.3. The number of amides is 1. The van der Waals surface area contributed by atoms with Crippen LogP contribution in [0.25, 0.3) is 0 Å². The Hall–Kier alpha value is -3.02. The van der Waals surface area contributed by atoms with Crippen molar-refractivity contribution in [1.82, 2.24) is 5.32 Å². The lowest BCUT2D eigenvalue weighted by molar-refractivity contribution is -0.120. The highest BCUT2D eigenvalue weighted by Gasteiger charge is 2.09. The third-order valence-electron chi connectivity index (χ3n) is 3.48. The molecule has 1 amide bonds. The molecule has 0 heterocycles. The van der Waals surface area contributed by atoms with Gasteiger partial charge in [-0.05, 0) is 35.4 Å². The second-order valence-electron chi connectivity index (χ2n) is 5.15. The van der Waals surface area contributed by atoms with Gasteiger partial charge in [0.1, 0.15) is 0 Å². The molecule has 0 radical (unpaired) electrons. The minimum atomic E-state index is -0.992. The van der Waals surface area contributed by atoms with Gasteiger partial charge in [-0.3, -0.25) is 4.79 Å². The summed E-state index contributed by atoms with van der Waals surface area (Å²) in [7, 11) is 3.09. The Labute approximate surface area is 140 Å². The van der Waals surface area contributed by atoms with Crippen molar-refractivity contribution in [2.75, 3.05) is 14.2 Å². The number of ether oxygens (including phenoxy) is 2. The van der Waals surface area contributed by atoms with E-state index in [4.69, 9.17) is 14.6 Å². The first-order chi connectivity index (χ1) is 11.5. The van der Waals surface area contributed by atoms with Gasteiger partial charge < -0.3 is 19.9 Å². The Kier molecular flexibility index (Phi) is 5.78. The van der Waals surface area contributed by atoms with E-state index < -0.39 is 5.97 Å². The van der Waals surface area contributed by atoms with E-state index in [2.05, 4.69) is 5.32 Å². The van der Waals surface area contributed by atoms with Crippen LogP contribution in [0, 0.1) is 0 Å². The number of hydrogen-bond donors (Lipinski definition) is 2. The summed E-state index contributed by atoms with van der Waals surface area (Å²) < 4.78 is 10.4. The third kappa shape index (κ3) is 4.49. The number of benzene rings is 2. The van der Waals surface area contributed by atoms with Gasteiger partial charge in [-0.15, -0.1) is 0 Å². The molecule has 0 bridgehead atoms. The first-order valence-corrected chi connectivity index (χ1v) is 7.33. The molecule has 0 fully saturated rings. The van der Waals surface area contributed by atoms with Crippen molar-refractivity contribution >= 4 is 11.9 Å². The number of carboxylic acid groups (broad SMARTS) is 1. The third-order valence-corrected chi connectivity index (χ3v) is 3.48. The monoisotopic (exact) mass is 329 g/mol. The second kappa shape index (κ2) is 8.01. The SMILES string of the molecule is COc1ccc(CC(=O)NCc2cccc(C(=O)O)c2)cc1OC. The summed E-state index contributed by atoms with van der Waals surface area (Å²) in [6.45, 7) is 0.271. The lowest BCUT2D eigenvalue weighted by atomic mass is 10.1. The van der Waals surface area contributed by atoms with E-state index in [1.54, 1.807) is 43.5 Å². The fraction of sp³-hybridized carbons (Fsp3) is 0.222. The predicted molar refractivity (Wildman–Crippen MR) is 88.5 cm³/mol. The molecule has 0 unspecified atom stereocenters. The van der Waals surface area contributed by atoms with Gasteiger partial charge >= 0.3 is 5.97 Å². The lowest BCUT2D eigenvalue weighted by Gasteiger charge is -2.10. The first-order valence-electron chi connectivity index (χ1n) is 7.33. The zero-order valence-electron chi connectivity index (χ0n) is 13.5. The molecule has 6 nitrogen and oxygen atoms in total. The fourth-order valence-corrected chi connectivity index (χ4v) is 2.25. The second-order valence-corrected chi connectivity index (χ2v) is 5.15. The zero-order chi connectivity index (χ0) is 17.5. The van der Waals surface area contributed by atoms with Gasteiger partial charge in [0.05, 0.1) is 26.2 Å². The smallest absolute Gasteiger partial charge is 0.335 e. The fourth-order valence-electron chi connectivity index (χ4n) is 2.25. The zero-order valence-corrected chi connectivity index (χ0v) is 13.5. The molecular formula is C18H19NO5. The van der Waals surface area contributed by atoms with Gasteiger partial charge in [-0.25, -0.2) is 4.79 Å². The van der Waals surface area contributed by atoms with Crippen LogP contribution in [0.15, 0.2) is 42.5 Å². The molecule has 2 aromatic carbocycles. The summed E-state index contributed by atoms with van der Waals surface area (Å²) in [6.07, 6.45) is 0.193. The molecule has 0 aliphatic rings. The molecule has 24 heavy (non-hydrogen) atoms. The van der Waals surface area contributed by atoms with Crippen LogP contribution in [-0.4, -0.2) is 31.2 Å². The number of carbonyl (C=O) groups is 2. The van der Waals surface area contributed by atoms with Gasteiger partial charge in [0.2, 0.25) is 5.91 Å². The van der Waals surface area contributed by atoms with Crippen molar-refractivity contribution < 1.29 is 24.2 Å². The number of hydrogen-bond acceptors (Lipinski definition) is 4. The van der Waals surface area contributed by atoms with E-state index in [0.29, 0.717) is 11.5 Å². The topological polar surface area (TPSA) is 84.9 Å². The van der Waals surface area contributed by atoms with Crippen molar-refractivity contribution in [3.8, 4) is 11.5 Å². The van der Waals surface area contributed by atoms with Crippen molar-refractivity contribution in [1.29, 1.82) is 0 Å². The number of rotatable bonds is 7. The van der Waals surface area contributed by atoms with Crippen LogP contribution in [0.5, 0.6) is 11.5 Å². The van der Waals surface area contributed by atoms with Gasteiger partial charge in [0, 0.05) is 6.54 Å². The Balaban J connectivity index is 1.96. The van der Waals surface area contributed by atoms with Gasteiger partial charge in [0.25, 0.3) is 0 Å². The normalized spacial score (nSPS) is 10.1. The summed E-state index contributed by atoms with van der Waals surface area (Å²) in [5, 5.41) is 11.7. The molecule has 0 spiro atoms. The Morgan fingerprint density at radius 3 is 2.42 bits per heavy atom. The lowest BCUT2D eigenvalue weighted by Crippen LogP contribution is -2.24. The predicted octanol–water partition coefficient (Wildman–Crippen LogP) is 2.26. The van der Waals surface area contributed by atoms with Crippen molar-refractivity contribution in [3.05, 3.63) is 59.2 Å². The Bertz CT molecular complexity index is 742. The molecule has 2 N–H and O–H groups in total. The summed E-state index contributed by atoms with van der Waals surface area (Å²) >= 11 is 0. The van der Waals surface area contributed by atoms with Crippen molar-refractivity contribution in [2.45, 2.75) is 13.0 Å². The molecule has 0 aliphatic heterocycles. The largest absolute Gasteiger partial charge is 0.493 e. The van der Waals surface area contributed by atoms with Crippen LogP contribution < -0.4 is 14.8 Å². The van der Waals surface area contributed by atoms with Crippen LogP contribution in [0.4, 0.5) is 0 Å². The summed E-state index contributed by atoms with van der Waals surface area (Å²) in [5.41, 5.74) is 1.72. The maximum Gasteiger partial charge on any atom is 0.335 e. The van der Waals surface area contributed by atoms with Crippen molar-refractivity contribution in [3.63, 3.8) is 0 Å². The average Bonchev–Trinajstić information content (AvgIpc) is 2.60. The summed E-state index contributed by atoms with van der Waals surface area (Å²) in [5.74, 6) is 0.0144. The number of carboxylic acids is 1. The van der Waals surface area contributed by atoms with Crippen LogP contribution in [0.1, 0.15) is 21.5 Å². The highest BCUT2D eigenvalue weighted by molar-refractivity contribution is 5.87. The van der Waals surface area contributed by atoms with E-state index >= 15 is 0 Å². The highest BCUT2D eigenvalue weighted by atomic mass is 16.5. The van der Waals surface area contributed by atoms with E-state index in [0.717, 1.165) is 11.1 Å². The molecule has 0 aliphatic carbocycles. The van der Waals surface area contributed by atoms with Crippen LogP contribution >= 0.6 is 0 Å². The number of aromatic carboxylic acids is 1. The maximum atomic E-state index is 12.1. The molecule has 0 saturated heterocycles. The number of nitrogens with one attached hydrogen (secondary N) is 1. The molecular weight excluding hydrogens is 310 g/mol. The highest BCUT2D eigenvalue weighted by Crippen LogP contribution is 2.27. The van der Waals surface area contributed by atoms with Crippen LogP contribution in [0.2, 0.25) is 0 Å². The summed E-state index contributed by atoms with van der Waals surface area (Å²) in [4.78, 5) is 23.0. The molecule has 0 atom stereocenters. The molecule has 2 rings (SSSR count). The Morgan fingerprint density at radius 1 is 1.00 bits per heavy atom. The average molecular weight is 329 g/mol. The van der Waals surface area contributed by atoms with Crippen molar-refractivity contribution in [2.24, 2.45) is 0 Å². The van der Waals surface area contributed by atoms with Crippen LogP contribution in [0.3, 0.4) is 0 Å². The molecule has 6 heteroatoms. The standard InChI is InChI=1S/C18H19NO5/c1-23-15-7-6-12(9-16(15)24-2)10-17(20)19-11-13-4-3-5-14(8-13)18(21)22/h3-9H,10-11H2,1-2H3,(H,19,20)(H,21,22). The van der Waals surface area contributed by atoms with E-state index in [1.807, 2.05) is 0 Å². The maximum absolute atomic E-state index is 12.1. The van der Waals surface area contributed by atoms with E-state index in [9.17, 15) is 9.59 Å². The quantitative estimate of drug-likeness (QED) is 0.814.